The summed E-state index contributed by atoms with van der Waals surface area (Å²) in [5, 5.41) is 4.44. The molecule has 0 atom stereocenters. The number of nitrogens with zero attached hydrogens (tertiary/aromatic N) is 4. The Morgan fingerprint density at radius 1 is 1.15 bits per heavy atom. The highest BCUT2D eigenvalue weighted by molar-refractivity contribution is 9.10. The molecule has 2 aliphatic rings. The first-order valence-corrected chi connectivity index (χ1v) is 8.16. The van der Waals surface area contributed by atoms with Gasteiger partial charge in [0.15, 0.2) is 0 Å². The van der Waals surface area contributed by atoms with Crippen molar-refractivity contribution in [3.8, 4) is 0 Å². The number of halogens is 1. The van der Waals surface area contributed by atoms with Gasteiger partial charge in [-0.25, -0.2) is 14.6 Å². The minimum absolute atomic E-state index is 0.554. The summed E-state index contributed by atoms with van der Waals surface area (Å²) in [5.74, 6) is 3.48. The van der Waals surface area contributed by atoms with Crippen LogP contribution < -0.4 is 0 Å². The van der Waals surface area contributed by atoms with Crippen LogP contribution in [0.15, 0.2) is 9.15 Å². The van der Waals surface area contributed by atoms with Gasteiger partial charge >= 0.3 is 0 Å². The third kappa shape index (κ3) is 2.20. The fraction of sp³-hybridized carbons (Fsp3) is 0.643. The van der Waals surface area contributed by atoms with Crippen molar-refractivity contribution in [3.63, 3.8) is 0 Å². The molecule has 0 saturated heterocycles. The number of rotatable bonds is 3. The average molecular weight is 337 g/mol. The van der Waals surface area contributed by atoms with E-state index in [1.165, 1.54) is 32.1 Å². The zero-order valence-electron chi connectivity index (χ0n) is 11.3. The summed E-state index contributed by atoms with van der Waals surface area (Å²) in [7, 11) is 0. The summed E-state index contributed by atoms with van der Waals surface area (Å²) < 4.78 is 8.50. The summed E-state index contributed by atoms with van der Waals surface area (Å²) in [6, 6.07) is 0. The molecule has 2 aromatic heterocycles. The van der Waals surface area contributed by atoms with E-state index in [1.54, 1.807) is 0 Å². The van der Waals surface area contributed by atoms with Crippen molar-refractivity contribution in [1.82, 2.24) is 19.7 Å². The van der Waals surface area contributed by atoms with E-state index in [-0.39, 0.29) is 0 Å². The molecule has 0 radical (unpaired) electrons. The highest BCUT2D eigenvalue weighted by Gasteiger charge is 2.26. The molecule has 0 aliphatic heterocycles. The first-order chi connectivity index (χ1) is 9.79. The normalized spacial score (nSPS) is 18.9. The van der Waals surface area contributed by atoms with Crippen LogP contribution in [-0.2, 0) is 19.4 Å². The Hall–Kier alpha value is -1.17. The topological polar surface area (TPSA) is 56.7 Å². The number of fused-ring (bicyclic) bond motifs is 1. The minimum Gasteiger partial charge on any atom is -0.443 e. The molecule has 4 rings (SSSR count). The molecule has 20 heavy (non-hydrogen) atoms. The van der Waals surface area contributed by atoms with Gasteiger partial charge in [0.1, 0.15) is 18.1 Å². The molecule has 6 heteroatoms. The molecule has 5 nitrogen and oxygen atoms in total. The molecule has 0 aromatic carbocycles. The van der Waals surface area contributed by atoms with Crippen LogP contribution in [0, 0.1) is 0 Å². The van der Waals surface area contributed by atoms with Crippen molar-refractivity contribution >= 4 is 15.9 Å². The van der Waals surface area contributed by atoms with Crippen LogP contribution in [0.25, 0.3) is 0 Å². The monoisotopic (exact) mass is 336 g/mol. The Balaban J connectivity index is 1.60. The van der Waals surface area contributed by atoms with Crippen LogP contribution in [-0.4, -0.2) is 19.7 Å². The standard InChI is InChI=1S/C14H17BrN4O/c15-14-17-13(9-4-3-5-9)19(18-14)8-12-16-10-6-1-2-7-11(10)20-12/h9H,1-8H2. The molecule has 0 spiro atoms. The van der Waals surface area contributed by atoms with E-state index in [1.807, 2.05) is 4.68 Å². The number of aromatic nitrogens is 4. The van der Waals surface area contributed by atoms with E-state index >= 15 is 0 Å². The summed E-state index contributed by atoms with van der Waals surface area (Å²) >= 11 is 3.38. The van der Waals surface area contributed by atoms with Gasteiger partial charge in [0.05, 0.1) is 5.69 Å². The van der Waals surface area contributed by atoms with E-state index in [9.17, 15) is 0 Å². The second-order valence-electron chi connectivity index (χ2n) is 5.71. The van der Waals surface area contributed by atoms with Crippen molar-refractivity contribution in [2.24, 2.45) is 0 Å². The third-order valence-electron chi connectivity index (χ3n) is 4.32. The minimum atomic E-state index is 0.554. The first kappa shape index (κ1) is 12.6. The molecular weight excluding hydrogens is 320 g/mol. The van der Waals surface area contributed by atoms with Crippen molar-refractivity contribution in [3.05, 3.63) is 27.9 Å². The second kappa shape index (κ2) is 4.98. The highest BCUT2D eigenvalue weighted by Crippen LogP contribution is 2.36. The molecule has 2 aliphatic carbocycles. The lowest BCUT2D eigenvalue weighted by Crippen LogP contribution is -2.17. The lowest BCUT2D eigenvalue weighted by molar-refractivity contribution is 0.369. The Morgan fingerprint density at radius 2 is 2.00 bits per heavy atom. The van der Waals surface area contributed by atoms with Crippen LogP contribution in [0.3, 0.4) is 0 Å². The highest BCUT2D eigenvalue weighted by atomic mass is 79.9. The molecule has 2 aromatic rings. The SMILES string of the molecule is Brc1nc(C2CCC2)n(Cc2nc3c(o2)CCCC3)n1. The smallest absolute Gasteiger partial charge is 0.217 e. The van der Waals surface area contributed by atoms with Crippen LogP contribution in [0.1, 0.15) is 61.2 Å². The van der Waals surface area contributed by atoms with Crippen molar-refractivity contribution in [2.75, 3.05) is 0 Å². The largest absolute Gasteiger partial charge is 0.443 e. The number of hydrogen-bond acceptors (Lipinski definition) is 4. The molecule has 0 unspecified atom stereocenters. The molecule has 106 valence electrons. The molecule has 1 fully saturated rings. The zero-order chi connectivity index (χ0) is 13.5. The Labute approximate surface area is 125 Å². The van der Waals surface area contributed by atoms with Crippen LogP contribution in [0.5, 0.6) is 0 Å². The van der Waals surface area contributed by atoms with Gasteiger partial charge in [0.25, 0.3) is 0 Å². The van der Waals surface area contributed by atoms with E-state index in [0.29, 0.717) is 17.2 Å². The van der Waals surface area contributed by atoms with E-state index < -0.39 is 0 Å². The van der Waals surface area contributed by atoms with Crippen molar-refractivity contribution in [2.45, 2.75) is 57.4 Å². The van der Waals surface area contributed by atoms with Gasteiger partial charge in [-0.15, -0.1) is 5.10 Å². The lowest BCUT2D eigenvalue weighted by Gasteiger charge is -2.24. The molecule has 0 N–H and O–H groups in total. The van der Waals surface area contributed by atoms with Gasteiger partial charge < -0.3 is 4.42 Å². The Morgan fingerprint density at radius 3 is 2.75 bits per heavy atom. The molecule has 2 heterocycles. The van der Waals surface area contributed by atoms with Gasteiger partial charge in [-0.2, -0.15) is 0 Å². The van der Waals surface area contributed by atoms with E-state index in [2.05, 4.69) is 31.0 Å². The van der Waals surface area contributed by atoms with Crippen molar-refractivity contribution in [1.29, 1.82) is 0 Å². The fourth-order valence-corrected chi connectivity index (χ4v) is 3.38. The van der Waals surface area contributed by atoms with Crippen LogP contribution in [0.4, 0.5) is 0 Å². The van der Waals surface area contributed by atoms with Gasteiger partial charge in [0, 0.05) is 12.3 Å². The van der Waals surface area contributed by atoms with Gasteiger partial charge in [-0.05, 0) is 48.0 Å². The predicted molar refractivity (Wildman–Crippen MR) is 76.6 cm³/mol. The predicted octanol–water partition coefficient (Wildman–Crippen LogP) is 3.22. The maximum atomic E-state index is 5.89. The summed E-state index contributed by atoms with van der Waals surface area (Å²) in [4.78, 5) is 9.14. The van der Waals surface area contributed by atoms with E-state index in [0.717, 1.165) is 36.0 Å². The number of hydrogen-bond donors (Lipinski definition) is 0. The number of aryl methyl sites for hydroxylation is 2. The van der Waals surface area contributed by atoms with E-state index in [4.69, 9.17) is 4.42 Å². The Bertz CT molecular complexity index is 606. The van der Waals surface area contributed by atoms with Crippen LogP contribution >= 0.6 is 15.9 Å². The molecule has 0 amide bonds. The van der Waals surface area contributed by atoms with Crippen LogP contribution in [0.2, 0.25) is 0 Å². The maximum absolute atomic E-state index is 5.89. The maximum Gasteiger partial charge on any atom is 0.217 e. The average Bonchev–Trinajstić information content (AvgIpc) is 2.91. The lowest BCUT2D eigenvalue weighted by atomic mass is 9.85. The third-order valence-corrected chi connectivity index (χ3v) is 4.66. The van der Waals surface area contributed by atoms with Gasteiger partial charge in [-0.1, -0.05) is 6.42 Å². The summed E-state index contributed by atoms with van der Waals surface area (Å²) in [6.07, 6.45) is 8.24. The molecular formula is C14H17BrN4O. The molecule has 1 saturated carbocycles. The second-order valence-corrected chi connectivity index (χ2v) is 6.42. The van der Waals surface area contributed by atoms with Crippen molar-refractivity contribution < 1.29 is 4.42 Å². The quantitative estimate of drug-likeness (QED) is 0.863. The molecule has 0 bridgehead atoms. The first-order valence-electron chi connectivity index (χ1n) is 7.37. The summed E-state index contributed by atoms with van der Waals surface area (Å²) in [5.41, 5.74) is 1.15. The number of oxazole rings is 1. The summed E-state index contributed by atoms with van der Waals surface area (Å²) in [6.45, 7) is 0.595. The Kier molecular flexibility index (Phi) is 3.13. The zero-order valence-corrected chi connectivity index (χ0v) is 12.9. The van der Waals surface area contributed by atoms with Gasteiger partial charge in [-0.3, -0.25) is 0 Å². The fourth-order valence-electron chi connectivity index (χ4n) is 3.01. The van der Waals surface area contributed by atoms with Gasteiger partial charge in [0.2, 0.25) is 10.6 Å².